The minimum atomic E-state index is -0.289. The van der Waals surface area contributed by atoms with Crippen LogP contribution < -0.4 is 15.4 Å². The molecule has 28 heavy (non-hydrogen) atoms. The second-order valence-electron chi connectivity index (χ2n) is 5.68. The highest BCUT2D eigenvalue weighted by Gasteiger charge is 2.12. The third kappa shape index (κ3) is 5.48. The summed E-state index contributed by atoms with van der Waals surface area (Å²) in [6, 6.07) is 15.2. The minimum absolute atomic E-state index is 0.272. The first-order chi connectivity index (χ1) is 13.5. The number of ether oxygens (including phenoxy) is 1. The molecular weight excluding hydrogens is 419 g/mol. The van der Waals surface area contributed by atoms with Gasteiger partial charge in [0.25, 0.3) is 11.8 Å². The molecule has 0 spiro atoms. The van der Waals surface area contributed by atoms with E-state index in [9.17, 15) is 9.59 Å². The smallest absolute Gasteiger partial charge is 0.265 e. The fourth-order valence-electron chi connectivity index (χ4n) is 2.32. The third-order valence-corrected chi connectivity index (χ3v) is 5.14. The Kier molecular flexibility index (Phi) is 6.92. The van der Waals surface area contributed by atoms with Crippen molar-refractivity contribution in [2.45, 2.75) is 0 Å². The van der Waals surface area contributed by atoms with E-state index in [4.69, 9.17) is 27.9 Å². The Balaban J connectivity index is 1.54. The summed E-state index contributed by atoms with van der Waals surface area (Å²) in [5, 5.41) is 8.29. The monoisotopic (exact) mass is 434 g/mol. The molecule has 0 atom stereocenters. The Labute approximate surface area is 176 Å². The van der Waals surface area contributed by atoms with Crippen LogP contribution in [0.25, 0.3) is 0 Å². The lowest BCUT2D eigenvalue weighted by Crippen LogP contribution is -2.28. The van der Waals surface area contributed by atoms with E-state index in [-0.39, 0.29) is 11.8 Å². The van der Waals surface area contributed by atoms with Crippen LogP contribution >= 0.6 is 34.5 Å². The summed E-state index contributed by atoms with van der Waals surface area (Å²) >= 11 is 13.3. The number of halogens is 2. The first-order valence-electron chi connectivity index (χ1n) is 8.34. The van der Waals surface area contributed by atoms with Crippen molar-refractivity contribution in [2.75, 3.05) is 18.5 Å². The third-order valence-electron chi connectivity index (χ3n) is 3.69. The first kappa shape index (κ1) is 20.2. The maximum atomic E-state index is 12.3. The molecule has 0 radical (unpaired) electrons. The largest absolute Gasteiger partial charge is 0.492 e. The number of carbonyl (C=O) groups is 2. The van der Waals surface area contributed by atoms with Gasteiger partial charge in [0.15, 0.2) is 0 Å². The van der Waals surface area contributed by atoms with Crippen LogP contribution in [0, 0.1) is 0 Å². The van der Waals surface area contributed by atoms with Crippen LogP contribution in [-0.4, -0.2) is 25.0 Å². The lowest BCUT2D eigenvalue weighted by molar-refractivity contribution is 0.0945. The maximum Gasteiger partial charge on any atom is 0.265 e. The second kappa shape index (κ2) is 9.59. The molecule has 0 aliphatic carbocycles. The molecule has 3 aromatic rings. The predicted molar refractivity (Wildman–Crippen MR) is 113 cm³/mol. The van der Waals surface area contributed by atoms with E-state index in [2.05, 4.69) is 10.6 Å². The van der Waals surface area contributed by atoms with E-state index in [1.165, 1.54) is 11.3 Å². The zero-order valence-corrected chi connectivity index (χ0v) is 16.9. The summed E-state index contributed by atoms with van der Waals surface area (Å²) in [6.45, 7) is 0.629. The van der Waals surface area contributed by atoms with Gasteiger partial charge >= 0.3 is 0 Å². The molecule has 0 aliphatic heterocycles. The van der Waals surface area contributed by atoms with Crippen LogP contribution in [0.4, 0.5) is 5.69 Å². The van der Waals surface area contributed by atoms with Crippen molar-refractivity contribution in [3.63, 3.8) is 0 Å². The van der Waals surface area contributed by atoms with Gasteiger partial charge in [-0.2, -0.15) is 0 Å². The summed E-state index contributed by atoms with van der Waals surface area (Å²) in [5.41, 5.74) is 0.766. The topological polar surface area (TPSA) is 67.4 Å². The van der Waals surface area contributed by atoms with E-state index in [1.807, 2.05) is 5.38 Å². The van der Waals surface area contributed by atoms with Crippen LogP contribution in [0.5, 0.6) is 5.75 Å². The van der Waals surface area contributed by atoms with Crippen molar-refractivity contribution in [1.29, 1.82) is 0 Å². The first-order valence-corrected chi connectivity index (χ1v) is 9.97. The Morgan fingerprint density at radius 2 is 1.79 bits per heavy atom. The Hall–Kier alpha value is -2.54. The molecule has 2 N–H and O–H groups in total. The average Bonchev–Trinajstić information content (AvgIpc) is 3.23. The molecule has 0 aliphatic rings. The number of benzene rings is 2. The van der Waals surface area contributed by atoms with E-state index in [0.29, 0.717) is 45.1 Å². The standard InChI is InChI=1S/C20H16Cl2N2O3S/c21-14-4-6-15(7-5-14)27-10-9-23-19(25)13-3-8-16(22)17(12-13)24-20(26)18-2-1-11-28-18/h1-8,11-12H,9-10H2,(H,23,25)(H,24,26). The average molecular weight is 435 g/mol. The molecule has 0 saturated carbocycles. The van der Waals surface area contributed by atoms with Gasteiger partial charge in [0.05, 0.1) is 22.1 Å². The van der Waals surface area contributed by atoms with Gasteiger partial charge in [0.2, 0.25) is 0 Å². The van der Waals surface area contributed by atoms with Crippen molar-refractivity contribution in [1.82, 2.24) is 5.32 Å². The fourth-order valence-corrected chi connectivity index (χ4v) is 3.23. The number of rotatable bonds is 7. The van der Waals surface area contributed by atoms with Gasteiger partial charge in [-0.05, 0) is 53.9 Å². The Bertz CT molecular complexity index is 960. The predicted octanol–water partition coefficient (Wildman–Crippen LogP) is 5.12. The van der Waals surface area contributed by atoms with Gasteiger partial charge < -0.3 is 15.4 Å². The molecular formula is C20H16Cl2N2O3S. The second-order valence-corrected chi connectivity index (χ2v) is 7.48. The SMILES string of the molecule is O=C(NCCOc1ccc(Cl)cc1)c1ccc(Cl)c(NC(=O)c2cccs2)c1. The maximum absolute atomic E-state index is 12.3. The van der Waals surface area contributed by atoms with E-state index in [1.54, 1.807) is 54.6 Å². The highest BCUT2D eigenvalue weighted by Crippen LogP contribution is 2.24. The van der Waals surface area contributed by atoms with Crippen LogP contribution in [0.3, 0.4) is 0 Å². The fraction of sp³-hybridized carbons (Fsp3) is 0.100. The van der Waals surface area contributed by atoms with Gasteiger partial charge in [-0.25, -0.2) is 0 Å². The minimum Gasteiger partial charge on any atom is -0.492 e. The molecule has 3 rings (SSSR count). The molecule has 5 nitrogen and oxygen atoms in total. The Morgan fingerprint density at radius 3 is 2.50 bits per heavy atom. The van der Waals surface area contributed by atoms with Crippen molar-refractivity contribution in [3.05, 3.63) is 80.5 Å². The normalized spacial score (nSPS) is 10.4. The molecule has 1 aromatic heterocycles. The summed E-state index contributed by atoms with van der Waals surface area (Å²) in [4.78, 5) is 25.1. The van der Waals surface area contributed by atoms with Gasteiger partial charge in [-0.1, -0.05) is 29.3 Å². The molecule has 0 bridgehead atoms. The van der Waals surface area contributed by atoms with Crippen molar-refractivity contribution in [2.24, 2.45) is 0 Å². The van der Waals surface area contributed by atoms with Crippen molar-refractivity contribution >= 4 is 52.0 Å². The molecule has 144 valence electrons. The zero-order valence-electron chi connectivity index (χ0n) is 14.6. The van der Waals surface area contributed by atoms with Gasteiger partial charge in [0.1, 0.15) is 12.4 Å². The number of carbonyl (C=O) groups excluding carboxylic acids is 2. The van der Waals surface area contributed by atoms with Crippen LogP contribution in [-0.2, 0) is 0 Å². The molecule has 2 aromatic carbocycles. The molecule has 0 saturated heterocycles. The quantitative estimate of drug-likeness (QED) is 0.507. The van der Waals surface area contributed by atoms with Crippen LogP contribution in [0.2, 0.25) is 10.0 Å². The molecule has 2 amide bonds. The number of thiophene rings is 1. The number of amides is 2. The summed E-state index contributed by atoms with van der Waals surface area (Å²) in [5.74, 6) is 0.109. The van der Waals surface area contributed by atoms with Crippen LogP contribution in [0.1, 0.15) is 20.0 Å². The molecule has 8 heteroatoms. The zero-order chi connectivity index (χ0) is 19.9. The summed E-state index contributed by atoms with van der Waals surface area (Å²) in [7, 11) is 0. The number of hydrogen-bond acceptors (Lipinski definition) is 4. The summed E-state index contributed by atoms with van der Waals surface area (Å²) in [6.07, 6.45) is 0. The molecule has 0 unspecified atom stereocenters. The number of hydrogen-bond donors (Lipinski definition) is 2. The van der Waals surface area contributed by atoms with Gasteiger partial charge in [-0.15, -0.1) is 11.3 Å². The lowest BCUT2D eigenvalue weighted by atomic mass is 10.2. The highest BCUT2D eigenvalue weighted by molar-refractivity contribution is 7.12. The Morgan fingerprint density at radius 1 is 1.00 bits per heavy atom. The van der Waals surface area contributed by atoms with E-state index < -0.39 is 0 Å². The number of anilines is 1. The van der Waals surface area contributed by atoms with Crippen molar-refractivity contribution < 1.29 is 14.3 Å². The van der Waals surface area contributed by atoms with Gasteiger partial charge in [-0.3, -0.25) is 9.59 Å². The molecule has 0 fully saturated rings. The van der Waals surface area contributed by atoms with Gasteiger partial charge in [0, 0.05) is 10.6 Å². The van der Waals surface area contributed by atoms with E-state index in [0.717, 1.165) is 0 Å². The van der Waals surface area contributed by atoms with E-state index >= 15 is 0 Å². The van der Waals surface area contributed by atoms with Crippen LogP contribution in [0.15, 0.2) is 60.0 Å². The summed E-state index contributed by atoms with van der Waals surface area (Å²) < 4.78 is 5.53. The lowest BCUT2D eigenvalue weighted by Gasteiger charge is -2.10. The number of nitrogens with one attached hydrogen (secondary N) is 2. The van der Waals surface area contributed by atoms with Crippen molar-refractivity contribution in [3.8, 4) is 5.75 Å². The highest BCUT2D eigenvalue weighted by atomic mass is 35.5. The molecule has 1 heterocycles.